The van der Waals surface area contributed by atoms with Crippen LogP contribution in [0.25, 0.3) is 0 Å². The van der Waals surface area contributed by atoms with Gasteiger partial charge in [0.1, 0.15) is 0 Å². The second-order valence-electron chi connectivity index (χ2n) is 8.26. The van der Waals surface area contributed by atoms with E-state index < -0.39 is 6.09 Å². The van der Waals surface area contributed by atoms with Crippen LogP contribution in [0.2, 0.25) is 0 Å². The van der Waals surface area contributed by atoms with Gasteiger partial charge < -0.3 is 14.4 Å². The van der Waals surface area contributed by atoms with Crippen molar-refractivity contribution in [3.8, 4) is 0 Å². The Labute approximate surface area is 208 Å². The predicted molar refractivity (Wildman–Crippen MR) is 137 cm³/mol. The average molecular weight is 475 g/mol. The fraction of sp³-hybridized carbons (Fsp3) is 0.310. The van der Waals surface area contributed by atoms with Gasteiger partial charge in [-0.1, -0.05) is 79.4 Å². The molecule has 0 N–H and O–H groups in total. The van der Waals surface area contributed by atoms with E-state index in [0.717, 1.165) is 16.7 Å². The molecule has 0 spiro atoms. The lowest BCUT2D eigenvalue weighted by atomic mass is 10.1. The maximum atomic E-state index is 13.4. The summed E-state index contributed by atoms with van der Waals surface area (Å²) in [6.45, 7) is 8.47. The second-order valence-corrected chi connectivity index (χ2v) is 8.26. The van der Waals surface area contributed by atoms with E-state index in [0.29, 0.717) is 57.9 Å². The molecule has 2 aromatic rings. The number of ether oxygens (including phenoxy) is 2. The van der Waals surface area contributed by atoms with Gasteiger partial charge in [-0.15, -0.1) is 0 Å². The SMILES string of the molecule is C=C/C(=C\CCN(Cc1ccccc1)C(=O)C1=CN(C(=O)OCC)CC1)COCc1ccccc1. The molecule has 0 aromatic heterocycles. The molecule has 2 aromatic carbocycles. The Balaban J connectivity index is 1.62. The highest BCUT2D eigenvalue weighted by Crippen LogP contribution is 2.20. The van der Waals surface area contributed by atoms with Gasteiger partial charge in [-0.2, -0.15) is 0 Å². The standard InChI is InChI=1S/C29H34N2O4/c1-3-24(22-34-23-26-14-9-6-10-15-26)16-11-18-30(20-25-12-7-5-8-13-25)28(32)27-17-19-31(21-27)29(33)35-4-2/h3,5-10,12-16,21H,1,4,11,17-20,22-23H2,2H3/b24-16+. The fourth-order valence-electron chi connectivity index (χ4n) is 3.80. The topological polar surface area (TPSA) is 59.1 Å². The van der Waals surface area contributed by atoms with Gasteiger partial charge in [0.2, 0.25) is 0 Å². The van der Waals surface area contributed by atoms with E-state index in [1.54, 1.807) is 19.2 Å². The molecule has 35 heavy (non-hydrogen) atoms. The highest BCUT2D eigenvalue weighted by molar-refractivity contribution is 5.94. The molecular formula is C29H34N2O4. The van der Waals surface area contributed by atoms with E-state index in [-0.39, 0.29) is 5.91 Å². The molecule has 6 heteroatoms. The maximum absolute atomic E-state index is 13.4. The van der Waals surface area contributed by atoms with Crippen LogP contribution in [0.3, 0.4) is 0 Å². The minimum atomic E-state index is -0.418. The Hall–Kier alpha value is -3.64. The van der Waals surface area contributed by atoms with Crippen LogP contribution in [0.1, 0.15) is 30.9 Å². The molecule has 1 heterocycles. The Morgan fingerprint density at radius 2 is 1.74 bits per heavy atom. The lowest BCUT2D eigenvalue weighted by molar-refractivity contribution is -0.127. The summed E-state index contributed by atoms with van der Waals surface area (Å²) < 4.78 is 10.9. The van der Waals surface area contributed by atoms with Gasteiger partial charge in [0.25, 0.3) is 5.91 Å². The third kappa shape index (κ3) is 8.26. The molecule has 0 fully saturated rings. The lowest BCUT2D eigenvalue weighted by Gasteiger charge is -2.23. The summed E-state index contributed by atoms with van der Waals surface area (Å²) in [6, 6.07) is 20.0. The van der Waals surface area contributed by atoms with Crippen molar-refractivity contribution in [1.82, 2.24) is 9.80 Å². The van der Waals surface area contributed by atoms with Gasteiger partial charge in [-0.25, -0.2) is 4.79 Å². The van der Waals surface area contributed by atoms with Crippen LogP contribution in [0.15, 0.2) is 96.7 Å². The molecular weight excluding hydrogens is 440 g/mol. The Morgan fingerprint density at radius 1 is 1.06 bits per heavy atom. The molecule has 184 valence electrons. The number of hydrogen-bond donors (Lipinski definition) is 0. The molecule has 2 amide bonds. The second kappa shape index (κ2) is 13.9. The fourth-order valence-corrected chi connectivity index (χ4v) is 3.80. The number of carbonyl (C=O) groups is 2. The van der Waals surface area contributed by atoms with Crippen LogP contribution < -0.4 is 0 Å². The maximum Gasteiger partial charge on any atom is 0.413 e. The highest BCUT2D eigenvalue weighted by Gasteiger charge is 2.26. The third-order valence-corrected chi connectivity index (χ3v) is 5.66. The van der Waals surface area contributed by atoms with Gasteiger partial charge in [-0.3, -0.25) is 9.69 Å². The number of carbonyl (C=O) groups excluding carboxylic acids is 2. The molecule has 1 aliphatic heterocycles. The minimum Gasteiger partial charge on any atom is -0.449 e. The van der Waals surface area contributed by atoms with Gasteiger partial charge in [-0.05, 0) is 36.5 Å². The first kappa shape index (κ1) is 26.0. The summed E-state index contributed by atoms with van der Waals surface area (Å²) in [5, 5.41) is 0. The van der Waals surface area contributed by atoms with E-state index in [4.69, 9.17) is 9.47 Å². The molecule has 0 atom stereocenters. The Kier molecular flexibility index (Phi) is 10.3. The molecule has 0 radical (unpaired) electrons. The van der Waals surface area contributed by atoms with Crippen molar-refractivity contribution in [2.75, 3.05) is 26.3 Å². The minimum absolute atomic E-state index is 0.0606. The van der Waals surface area contributed by atoms with Gasteiger partial charge in [0.05, 0.1) is 19.8 Å². The van der Waals surface area contributed by atoms with Crippen molar-refractivity contribution in [3.63, 3.8) is 0 Å². The largest absolute Gasteiger partial charge is 0.449 e. The van der Waals surface area contributed by atoms with Crippen LogP contribution in [-0.4, -0.2) is 48.1 Å². The number of rotatable bonds is 12. The van der Waals surface area contributed by atoms with Crippen LogP contribution in [0.4, 0.5) is 4.79 Å². The number of nitrogens with zero attached hydrogens (tertiary/aromatic N) is 2. The quantitative estimate of drug-likeness (QED) is 0.382. The normalized spacial score (nSPS) is 13.3. The Morgan fingerprint density at radius 3 is 2.40 bits per heavy atom. The van der Waals surface area contributed by atoms with Crippen molar-refractivity contribution in [3.05, 3.63) is 108 Å². The van der Waals surface area contributed by atoms with E-state index >= 15 is 0 Å². The van der Waals surface area contributed by atoms with Crippen molar-refractivity contribution in [1.29, 1.82) is 0 Å². The molecule has 0 saturated carbocycles. The van der Waals surface area contributed by atoms with E-state index in [1.807, 2.05) is 65.6 Å². The molecule has 3 rings (SSSR count). The summed E-state index contributed by atoms with van der Waals surface area (Å²) in [5.74, 6) is -0.0606. The number of hydrogen-bond acceptors (Lipinski definition) is 4. The van der Waals surface area contributed by atoms with Crippen LogP contribution in [-0.2, 0) is 27.4 Å². The molecule has 0 saturated heterocycles. The molecule has 6 nitrogen and oxygen atoms in total. The first-order chi connectivity index (χ1) is 17.1. The van der Waals surface area contributed by atoms with Gasteiger partial charge >= 0.3 is 6.09 Å². The first-order valence-electron chi connectivity index (χ1n) is 12.0. The molecule has 0 bridgehead atoms. The lowest BCUT2D eigenvalue weighted by Crippen LogP contribution is -2.32. The van der Waals surface area contributed by atoms with Crippen LogP contribution in [0.5, 0.6) is 0 Å². The highest BCUT2D eigenvalue weighted by atomic mass is 16.6. The molecule has 0 unspecified atom stereocenters. The Bertz CT molecular complexity index is 1030. The van der Waals surface area contributed by atoms with Crippen molar-refractivity contribution >= 4 is 12.0 Å². The molecule has 1 aliphatic rings. The van der Waals surface area contributed by atoms with E-state index in [1.165, 1.54) is 4.90 Å². The summed E-state index contributed by atoms with van der Waals surface area (Å²) in [4.78, 5) is 28.7. The number of benzene rings is 2. The zero-order valence-electron chi connectivity index (χ0n) is 20.4. The monoisotopic (exact) mass is 474 g/mol. The van der Waals surface area contributed by atoms with Crippen LogP contribution in [0, 0.1) is 0 Å². The third-order valence-electron chi connectivity index (χ3n) is 5.66. The smallest absolute Gasteiger partial charge is 0.413 e. The van der Waals surface area contributed by atoms with Crippen molar-refractivity contribution in [2.45, 2.75) is 32.9 Å². The summed E-state index contributed by atoms with van der Waals surface area (Å²) in [7, 11) is 0. The number of amides is 2. The summed E-state index contributed by atoms with van der Waals surface area (Å²) >= 11 is 0. The predicted octanol–water partition coefficient (Wildman–Crippen LogP) is 5.48. The van der Waals surface area contributed by atoms with E-state index in [9.17, 15) is 9.59 Å². The molecule has 0 aliphatic carbocycles. The summed E-state index contributed by atoms with van der Waals surface area (Å²) in [6.07, 6.45) is 6.26. The van der Waals surface area contributed by atoms with Crippen molar-refractivity contribution in [2.24, 2.45) is 0 Å². The van der Waals surface area contributed by atoms with Crippen molar-refractivity contribution < 1.29 is 19.1 Å². The van der Waals surface area contributed by atoms with Gasteiger partial charge in [0, 0.05) is 31.4 Å². The zero-order chi connectivity index (χ0) is 24.9. The van der Waals surface area contributed by atoms with Gasteiger partial charge in [0.15, 0.2) is 0 Å². The van der Waals surface area contributed by atoms with E-state index in [2.05, 4.69) is 12.7 Å². The first-order valence-corrected chi connectivity index (χ1v) is 12.0. The average Bonchev–Trinajstić information content (AvgIpc) is 3.39. The summed E-state index contributed by atoms with van der Waals surface area (Å²) in [5.41, 5.74) is 3.78. The van der Waals surface area contributed by atoms with Crippen LogP contribution >= 0.6 is 0 Å². The zero-order valence-corrected chi connectivity index (χ0v) is 20.4.